The van der Waals surface area contributed by atoms with Crippen LogP contribution in [0.3, 0.4) is 0 Å². The summed E-state index contributed by atoms with van der Waals surface area (Å²) in [5.41, 5.74) is 1.38. The Labute approximate surface area is 155 Å². The van der Waals surface area contributed by atoms with Crippen molar-refractivity contribution in [2.75, 3.05) is 52.9 Å². The number of benzene rings is 1. The van der Waals surface area contributed by atoms with E-state index in [4.69, 9.17) is 4.52 Å². The molecule has 1 atom stereocenters. The first-order valence-electron chi connectivity index (χ1n) is 9.50. The highest BCUT2D eigenvalue weighted by atomic mass is 16.5. The number of hydrogen-bond acceptors (Lipinski definition) is 7. The molecule has 0 saturated carbocycles. The van der Waals surface area contributed by atoms with Crippen molar-refractivity contribution in [1.29, 1.82) is 0 Å². The number of rotatable bonds is 5. The van der Waals surface area contributed by atoms with Gasteiger partial charge in [-0.1, -0.05) is 35.5 Å². The maximum atomic E-state index is 5.52. The summed E-state index contributed by atoms with van der Waals surface area (Å²) in [7, 11) is 2.12. The van der Waals surface area contributed by atoms with Crippen molar-refractivity contribution in [3.63, 3.8) is 0 Å². The summed E-state index contributed by atoms with van der Waals surface area (Å²) >= 11 is 0. The largest absolute Gasteiger partial charge is 0.338 e. The Bertz CT molecular complexity index is 682. The molecule has 0 bridgehead atoms. The van der Waals surface area contributed by atoms with Gasteiger partial charge in [0.1, 0.15) is 0 Å². The van der Waals surface area contributed by atoms with Gasteiger partial charge in [-0.15, -0.1) is 0 Å². The van der Waals surface area contributed by atoms with Crippen LogP contribution in [0.2, 0.25) is 0 Å². The standard InChI is InChI=1S/C19H28N6O/c1-23-8-7-20-13-17(23)19-21-18(26-22-19)15-25-11-9-24(10-12-25)14-16-5-3-2-4-6-16/h2-6,17,20H,7-15H2,1H3. The first-order valence-corrected chi connectivity index (χ1v) is 9.50. The molecule has 1 aromatic carbocycles. The fourth-order valence-corrected chi connectivity index (χ4v) is 3.70. The molecule has 2 saturated heterocycles. The molecule has 26 heavy (non-hydrogen) atoms. The lowest BCUT2D eigenvalue weighted by molar-refractivity contribution is 0.112. The molecule has 140 valence electrons. The van der Waals surface area contributed by atoms with E-state index in [1.54, 1.807) is 0 Å². The van der Waals surface area contributed by atoms with Crippen molar-refractivity contribution < 1.29 is 4.52 Å². The maximum absolute atomic E-state index is 5.52. The van der Waals surface area contributed by atoms with Crippen molar-refractivity contribution in [2.45, 2.75) is 19.1 Å². The minimum atomic E-state index is 0.212. The zero-order chi connectivity index (χ0) is 17.8. The number of aromatic nitrogens is 2. The Balaban J connectivity index is 1.27. The Hall–Kier alpha value is -1.80. The zero-order valence-corrected chi connectivity index (χ0v) is 15.5. The molecule has 1 unspecified atom stereocenters. The van der Waals surface area contributed by atoms with Gasteiger partial charge in [-0.05, 0) is 12.6 Å². The van der Waals surface area contributed by atoms with E-state index in [1.807, 2.05) is 0 Å². The van der Waals surface area contributed by atoms with Crippen molar-refractivity contribution in [3.8, 4) is 0 Å². The van der Waals surface area contributed by atoms with Crippen LogP contribution in [0.5, 0.6) is 0 Å². The normalized spacial score (nSPS) is 23.3. The molecule has 0 aliphatic carbocycles. The molecular weight excluding hydrogens is 328 g/mol. The van der Waals surface area contributed by atoms with Crippen molar-refractivity contribution in [2.24, 2.45) is 0 Å². The second-order valence-electron chi connectivity index (χ2n) is 7.28. The van der Waals surface area contributed by atoms with E-state index >= 15 is 0 Å². The number of piperazine rings is 2. The first kappa shape index (κ1) is 17.6. The van der Waals surface area contributed by atoms with Crippen LogP contribution in [0.15, 0.2) is 34.9 Å². The minimum absolute atomic E-state index is 0.212. The molecule has 0 spiro atoms. The number of nitrogens with one attached hydrogen (secondary N) is 1. The molecule has 0 radical (unpaired) electrons. The monoisotopic (exact) mass is 356 g/mol. The van der Waals surface area contributed by atoms with E-state index in [-0.39, 0.29) is 6.04 Å². The Morgan fingerprint density at radius 1 is 1.04 bits per heavy atom. The average Bonchev–Trinajstić information content (AvgIpc) is 3.13. The summed E-state index contributed by atoms with van der Waals surface area (Å²) in [5, 5.41) is 7.62. The van der Waals surface area contributed by atoms with E-state index in [1.165, 1.54) is 5.56 Å². The van der Waals surface area contributed by atoms with Gasteiger partial charge in [0.05, 0.1) is 12.6 Å². The first-order chi connectivity index (χ1) is 12.8. The molecule has 2 aliphatic heterocycles. The average molecular weight is 356 g/mol. The summed E-state index contributed by atoms with van der Waals surface area (Å²) in [6, 6.07) is 10.9. The third-order valence-electron chi connectivity index (χ3n) is 5.37. The minimum Gasteiger partial charge on any atom is -0.338 e. The SMILES string of the molecule is CN1CCNCC1c1noc(CN2CCN(Cc3ccccc3)CC2)n1. The molecule has 1 N–H and O–H groups in total. The van der Waals surface area contributed by atoms with Crippen LogP contribution in [0.1, 0.15) is 23.3 Å². The smallest absolute Gasteiger partial charge is 0.240 e. The van der Waals surface area contributed by atoms with Gasteiger partial charge in [0.2, 0.25) is 5.89 Å². The molecule has 3 heterocycles. The van der Waals surface area contributed by atoms with Crippen molar-refractivity contribution in [3.05, 3.63) is 47.6 Å². The zero-order valence-electron chi connectivity index (χ0n) is 15.5. The lowest BCUT2D eigenvalue weighted by atomic mass is 10.2. The van der Waals surface area contributed by atoms with E-state index in [0.29, 0.717) is 0 Å². The quantitative estimate of drug-likeness (QED) is 0.856. The molecule has 4 rings (SSSR count). The molecular formula is C19H28N6O. The fourth-order valence-electron chi connectivity index (χ4n) is 3.70. The van der Waals surface area contributed by atoms with Gasteiger partial charge in [0.25, 0.3) is 0 Å². The summed E-state index contributed by atoms with van der Waals surface area (Å²) in [4.78, 5) is 11.8. The van der Waals surface area contributed by atoms with Gasteiger partial charge in [-0.2, -0.15) is 4.98 Å². The van der Waals surface area contributed by atoms with Gasteiger partial charge in [0.15, 0.2) is 5.82 Å². The van der Waals surface area contributed by atoms with Gasteiger partial charge < -0.3 is 9.84 Å². The lowest BCUT2D eigenvalue weighted by Gasteiger charge is -2.33. The highest BCUT2D eigenvalue weighted by Crippen LogP contribution is 2.18. The third-order valence-corrected chi connectivity index (χ3v) is 5.37. The van der Waals surface area contributed by atoms with Crippen molar-refractivity contribution in [1.82, 2.24) is 30.2 Å². The van der Waals surface area contributed by atoms with Crippen LogP contribution < -0.4 is 5.32 Å². The summed E-state index contributed by atoms with van der Waals surface area (Å²) in [6.07, 6.45) is 0. The molecule has 2 aliphatic rings. The highest BCUT2D eigenvalue weighted by Gasteiger charge is 2.26. The lowest BCUT2D eigenvalue weighted by Crippen LogP contribution is -2.45. The maximum Gasteiger partial charge on any atom is 0.240 e. The fraction of sp³-hybridized carbons (Fsp3) is 0.579. The number of nitrogens with zero attached hydrogens (tertiary/aromatic N) is 5. The van der Waals surface area contributed by atoms with Crippen LogP contribution in [0.25, 0.3) is 0 Å². The Morgan fingerprint density at radius 3 is 2.50 bits per heavy atom. The van der Waals surface area contributed by atoms with Crippen LogP contribution in [0.4, 0.5) is 0 Å². The van der Waals surface area contributed by atoms with Crippen molar-refractivity contribution >= 4 is 0 Å². The van der Waals surface area contributed by atoms with Gasteiger partial charge in [0, 0.05) is 52.4 Å². The van der Waals surface area contributed by atoms with Crippen LogP contribution in [-0.2, 0) is 13.1 Å². The molecule has 2 fully saturated rings. The van der Waals surface area contributed by atoms with E-state index in [9.17, 15) is 0 Å². The second-order valence-corrected chi connectivity index (χ2v) is 7.28. The summed E-state index contributed by atoms with van der Waals surface area (Å²) in [5.74, 6) is 1.54. The van der Waals surface area contributed by atoms with E-state index < -0.39 is 0 Å². The van der Waals surface area contributed by atoms with E-state index in [2.05, 4.69) is 67.5 Å². The molecule has 7 heteroatoms. The Kier molecular flexibility index (Phi) is 5.59. The number of hydrogen-bond donors (Lipinski definition) is 1. The highest BCUT2D eigenvalue weighted by molar-refractivity contribution is 5.14. The predicted molar refractivity (Wildman–Crippen MR) is 99.5 cm³/mol. The topological polar surface area (TPSA) is 60.7 Å². The number of likely N-dealkylation sites (N-methyl/N-ethyl adjacent to an activating group) is 1. The van der Waals surface area contributed by atoms with Gasteiger partial charge >= 0.3 is 0 Å². The van der Waals surface area contributed by atoms with E-state index in [0.717, 1.165) is 70.6 Å². The van der Waals surface area contributed by atoms with Crippen LogP contribution in [-0.4, -0.2) is 77.7 Å². The van der Waals surface area contributed by atoms with Gasteiger partial charge in [-0.25, -0.2) is 0 Å². The molecule has 0 amide bonds. The van der Waals surface area contributed by atoms with Crippen LogP contribution >= 0.6 is 0 Å². The van der Waals surface area contributed by atoms with Crippen LogP contribution in [0, 0.1) is 0 Å². The van der Waals surface area contributed by atoms with Gasteiger partial charge in [-0.3, -0.25) is 14.7 Å². The summed E-state index contributed by atoms with van der Waals surface area (Å²) < 4.78 is 5.52. The second kappa shape index (κ2) is 8.26. The predicted octanol–water partition coefficient (Wildman–Crippen LogP) is 0.964. The third kappa shape index (κ3) is 4.29. The molecule has 1 aromatic heterocycles. The Morgan fingerprint density at radius 2 is 1.77 bits per heavy atom. The molecule has 7 nitrogen and oxygen atoms in total. The summed E-state index contributed by atoms with van der Waals surface area (Å²) in [6.45, 7) is 8.91. The molecule has 2 aromatic rings.